The van der Waals surface area contributed by atoms with Crippen molar-refractivity contribution in [2.24, 2.45) is 0 Å². The van der Waals surface area contributed by atoms with E-state index in [9.17, 15) is 9.90 Å². The number of ether oxygens (including phenoxy) is 7. The Balaban J connectivity index is 1.94. The molecule has 0 aromatic heterocycles. The van der Waals surface area contributed by atoms with Crippen LogP contribution in [0.2, 0.25) is 0 Å². The maximum absolute atomic E-state index is 13.6. The normalized spacial score (nSPS) is 17.1. The fourth-order valence-corrected chi connectivity index (χ4v) is 4.71. The molecule has 1 N–H and O–H groups in total. The van der Waals surface area contributed by atoms with Crippen molar-refractivity contribution in [3.63, 3.8) is 0 Å². The minimum Gasteiger partial charge on any atom is -0.497 e. The highest BCUT2D eigenvalue weighted by Gasteiger charge is 2.48. The van der Waals surface area contributed by atoms with Gasteiger partial charge in [-0.25, -0.2) is 4.79 Å². The van der Waals surface area contributed by atoms with Crippen LogP contribution in [0.1, 0.15) is 23.6 Å². The monoisotopic (exact) mass is 579 g/mol. The molecule has 224 valence electrons. The molecule has 1 aliphatic heterocycles. The van der Waals surface area contributed by atoms with E-state index < -0.39 is 11.8 Å². The van der Waals surface area contributed by atoms with Crippen LogP contribution >= 0.6 is 0 Å². The lowest BCUT2D eigenvalue weighted by atomic mass is 9.87. The summed E-state index contributed by atoms with van der Waals surface area (Å²) in [6.45, 7) is 1.90. The molecule has 1 aliphatic rings. The maximum Gasteiger partial charge on any atom is 0.342 e. The summed E-state index contributed by atoms with van der Waals surface area (Å²) < 4.78 is 39.4. The van der Waals surface area contributed by atoms with Gasteiger partial charge in [0.05, 0.1) is 41.1 Å². The van der Waals surface area contributed by atoms with Gasteiger partial charge in [-0.2, -0.15) is 0 Å². The summed E-state index contributed by atoms with van der Waals surface area (Å²) in [6, 6.07) is 15.4. The number of esters is 1. The molecule has 2 atom stereocenters. The molecule has 0 amide bonds. The Labute approximate surface area is 245 Å². The van der Waals surface area contributed by atoms with Gasteiger partial charge in [-0.1, -0.05) is 0 Å². The Morgan fingerprint density at radius 3 is 1.93 bits per heavy atom. The van der Waals surface area contributed by atoms with E-state index in [1.807, 2.05) is 25.9 Å². The van der Waals surface area contributed by atoms with Crippen molar-refractivity contribution in [2.45, 2.75) is 25.4 Å². The summed E-state index contributed by atoms with van der Waals surface area (Å²) in [5.74, 6) is 0.0528. The van der Waals surface area contributed by atoms with Crippen molar-refractivity contribution in [3.8, 4) is 34.5 Å². The van der Waals surface area contributed by atoms with Gasteiger partial charge >= 0.3 is 5.97 Å². The Morgan fingerprint density at radius 2 is 1.40 bits per heavy atom. The first-order valence-corrected chi connectivity index (χ1v) is 13.2. The van der Waals surface area contributed by atoms with E-state index in [2.05, 4.69) is 0 Å². The molecule has 10 heteroatoms. The van der Waals surface area contributed by atoms with Crippen LogP contribution in [-0.4, -0.2) is 71.8 Å². The van der Waals surface area contributed by atoms with Crippen molar-refractivity contribution >= 4 is 11.5 Å². The van der Waals surface area contributed by atoms with Gasteiger partial charge in [-0.15, -0.1) is 0 Å². The van der Waals surface area contributed by atoms with Gasteiger partial charge in [-0.05, 0) is 80.7 Å². The molecule has 2 unspecified atom stereocenters. The summed E-state index contributed by atoms with van der Waals surface area (Å²) in [5, 5.41) is 12.1. The first-order chi connectivity index (χ1) is 20.1. The van der Waals surface area contributed by atoms with Crippen LogP contribution in [-0.2, 0) is 21.7 Å². The van der Waals surface area contributed by atoms with Crippen LogP contribution in [0.5, 0.6) is 34.5 Å². The zero-order valence-corrected chi connectivity index (χ0v) is 25.1. The average Bonchev–Trinajstić information content (AvgIpc) is 3.25. The highest BCUT2D eigenvalue weighted by molar-refractivity contribution is 6.20. The standard InChI is InChI=1S/C32H37NO9/c1-19(33(2)3)41-28-15-20(14-27(39-7)30(28)40-8)13-26-29(21-16-24(37-5)18-25(17-21)38-6)31(34)42-32(26,35)22-9-11-23(36-4)12-10-22/h9-12,14-19,35H,13H2,1-8H3. The van der Waals surface area contributed by atoms with Crippen LogP contribution < -0.4 is 28.4 Å². The lowest BCUT2D eigenvalue weighted by Gasteiger charge is -2.27. The number of rotatable bonds is 12. The van der Waals surface area contributed by atoms with Gasteiger partial charge in [0.25, 0.3) is 5.79 Å². The largest absolute Gasteiger partial charge is 0.497 e. The van der Waals surface area contributed by atoms with Crippen LogP contribution in [0.15, 0.2) is 60.2 Å². The lowest BCUT2D eigenvalue weighted by molar-refractivity contribution is -0.185. The second kappa shape index (κ2) is 12.6. The molecule has 10 nitrogen and oxygen atoms in total. The van der Waals surface area contributed by atoms with E-state index in [4.69, 9.17) is 33.2 Å². The molecule has 0 radical (unpaired) electrons. The third-order valence-corrected chi connectivity index (χ3v) is 7.19. The topological polar surface area (TPSA) is 105 Å². The summed E-state index contributed by atoms with van der Waals surface area (Å²) in [4.78, 5) is 15.5. The lowest BCUT2D eigenvalue weighted by Crippen LogP contribution is -2.30. The number of carbonyl (C=O) groups is 1. The molecule has 0 fully saturated rings. The van der Waals surface area contributed by atoms with E-state index in [0.717, 1.165) is 0 Å². The molecule has 0 spiro atoms. The van der Waals surface area contributed by atoms with Gasteiger partial charge in [-0.3, -0.25) is 4.90 Å². The molecule has 0 aliphatic carbocycles. The summed E-state index contributed by atoms with van der Waals surface area (Å²) in [5.41, 5.74) is 2.00. The average molecular weight is 580 g/mol. The minimum absolute atomic E-state index is 0.0934. The zero-order chi connectivity index (χ0) is 30.6. The number of carbonyl (C=O) groups excluding carboxylic acids is 1. The van der Waals surface area contributed by atoms with E-state index in [0.29, 0.717) is 56.8 Å². The van der Waals surface area contributed by atoms with Crippen LogP contribution in [0.4, 0.5) is 0 Å². The van der Waals surface area contributed by atoms with Crippen LogP contribution in [0.3, 0.4) is 0 Å². The van der Waals surface area contributed by atoms with Gasteiger partial charge in [0.15, 0.2) is 11.5 Å². The van der Waals surface area contributed by atoms with Crippen LogP contribution in [0, 0.1) is 0 Å². The number of cyclic esters (lactones) is 1. The predicted molar refractivity (Wildman–Crippen MR) is 156 cm³/mol. The molecule has 3 aromatic rings. The predicted octanol–water partition coefficient (Wildman–Crippen LogP) is 4.41. The second-order valence-electron chi connectivity index (χ2n) is 9.90. The maximum atomic E-state index is 13.6. The number of methoxy groups -OCH3 is 5. The quantitative estimate of drug-likeness (QED) is 0.245. The fraction of sp³-hybridized carbons (Fsp3) is 0.344. The second-order valence-corrected chi connectivity index (χ2v) is 9.90. The van der Waals surface area contributed by atoms with E-state index >= 15 is 0 Å². The molecule has 0 bridgehead atoms. The zero-order valence-electron chi connectivity index (χ0n) is 25.1. The van der Waals surface area contributed by atoms with Crippen molar-refractivity contribution in [2.75, 3.05) is 49.6 Å². The van der Waals surface area contributed by atoms with Gasteiger partial charge < -0.3 is 38.3 Å². The third-order valence-electron chi connectivity index (χ3n) is 7.19. The fourth-order valence-electron chi connectivity index (χ4n) is 4.71. The van der Waals surface area contributed by atoms with Crippen LogP contribution in [0.25, 0.3) is 5.57 Å². The smallest absolute Gasteiger partial charge is 0.342 e. The molecule has 4 rings (SSSR count). The number of hydrogen-bond donors (Lipinski definition) is 1. The van der Waals surface area contributed by atoms with Gasteiger partial charge in [0, 0.05) is 23.6 Å². The Hall–Kier alpha value is -4.41. The molecular formula is C32H37NO9. The molecule has 0 saturated heterocycles. The molecule has 42 heavy (non-hydrogen) atoms. The summed E-state index contributed by atoms with van der Waals surface area (Å²) >= 11 is 0. The number of aliphatic hydroxyl groups is 1. The highest BCUT2D eigenvalue weighted by atomic mass is 16.7. The summed E-state index contributed by atoms with van der Waals surface area (Å²) in [6.07, 6.45) is -0.193. The van der Waals surface area contributed by atoms with Gasteiger partial charge in [0.2, 0.25) is 5.75 Å². The Morgan fingerprint density at radius 1 is 0.810 bits per heavy atom. The van der Waals surface area contributed by atoms with E-state index in [-0.39, 0.29) is 18.2 Å². The number of nitrogens with zero attached hydrogens (tertiary/aromatic N) is 1. The molecule has 1 heterocycles. The van der Waals surface area contributed by atoms with E-state index in [1.165, 1.54) is 28.4 Å². The first-order valence-electron chi connectivity index (χ1n) is 13.2. The third kappa shape index (κ3) is 5.95. The number of benzene rings is 3. The molecular weight excluding hydrogens is 542 g/mol. The van der Waals surface area contributed by atoms with Crippen molar-refractivity contribution in [3.05, 3.63) is 76.9 Å². The highest BCUT2D eigenvalue weighted by Crippen LogP contribution is 2.47. The number of hydrogen-bond acceptors (Lipinski definition) is 10. The first kappa shape index (κ1) is 30.5. The minimum atomic E-state index is -2.08. The molecule has 3 aromatic carbocycles. The van der Waals surface area contributed by atoms with E-state index in [1.54, 1.807) is 61.7 Å². The Bertz CT molecular complexity index is 1440. The Kier molecular flexibility index (Phi) is 9.18. The van der Waals surface area contributed by atoms with Crippen molar-refractivity contribution in [1.82, 2.24) is 4.90 Å². The van der Waals surface area contributed by atoms with Crippen molar-refractivity contribution in [1.29, 1.82) is 0 Å². The summed E-state index contributed by atoms with van der Waals surface area (Å²) in [7, 11) is 11.5. The van der Waals surface area contributed by atoms with Gasteiger partial charge in [0.1, 0.15) is 23.5 Å². The SMILES string of the molecule is COc1ccc(C2(O)OC(=O)C(c3cc(OC)cc(OC)c3)=C2Cc2cc(OC)c(OC)c(OC(C)N(C)C)c2)cc1. The molecule has 0 saturated carbocycles. The van der Waals surface area contributed by atoms with Crippen molar-refractivity contribution < 1.29 is 43.1 Å².